The quantitative estimate of drug-likeness (QED) is 0.396. The predicted molar refractivity (Wildman–Crippen MR) is 109 cm³/mol. The first kappa shape index (κ1) is 22.6. The van der Waals surface area contributed by atoms with Gasteiger partial charge in [0.15, 0.2) is 0 Å². The summed E-state index contributed by atoms with van der Waals surface area (Å²) in [6.45, 7) is -0.568. The molecule has 3 aromatic rings. The molecular weight excluding hydrogens is 455 g/mol. The van der Waals surface area contributed by atoms with Crippen LogP contribution in [0.15, 0.2) is 82.6 Å². The van der Waals surface area contributed by atoms with Crippen LogP contribution in [-0.4, -0.2) is 20.9 Å². The number of sulfone groups is 1. The van der Waals surface area contributed by atoms with Gasteiger partial charge in [-0.15, -0.1) is 0 Å². The van der Waals surface area contributed by atoms with Crippen molar-refractivity contribution in [2.75, 3.05) is 11.9 Å². The molecule has 0 atom stereocenters. The number of benzene rings is 3. The molecule has 10 heteroatoms. The number of hydrogen-bond acceptors (Lipinski definition) is 5. The van der Waals surface area contributed by atoms with Crippen molar-refractivity contribution >= 4 is 33.1 Å². The molecule has 1 N–H and O–H groups in total. The van der Waals surface area contributed by atoms with Crippen LogP contribution >= 0.6 is 11.6 Å². The number of rotatable bonds is 6. The third-order valence-electron chi connectivity index (χ3n) is 4.11. The van der Waals surface area contributed by atoms with Gasteiger partial charge in [0.1, 0.15) is 17.2 Å². The molecule has 0 fully saturated rings. The summed E-state index contributed by atoms with van der Waals surface area (Å²) in [6, 6.07) is 15.5. The van der Waals surface area contributed by atoms with E-state index in [-0.39, 0.29) is 16.3 Å². The molecule has 3 rings (SSSR count). The van der Waals surface area contributed by atoms with Gasteiger partial charge in [0, 0.05) is 5.02 Å². The summed E-state index contributed by atoms with van der Waals surface area (Å²) in [5.74, 6) is -0.653. The molecule has 5 nitrogen and oxygen atoms in total. The van der Waals surface area contributed by atoms with Gasteiger partial charge in [-0.1, -0.05) is 35.9 Å². The lowest BCUT2D eigenvalue weighted by molar-refractivity contribution is -0.139. The molecule has 0 aliphatic heterocycles. The van der Waals surface area contributed by atoms with Gasteiger partial charge in [0.25, 0.3) is 0 Å². The van der Waals surface area contributed by atoms with E-state index in [4.69, 9.17) is 16.3 Å². The lowest BCUT2D eigenvalue weighted by atomic mass is 10.2. The van der Waals surface area contributed by atoms with Gasteiger partial charge in [-0.25, -0.2) is 13.2 Å². The minimum absolute atomic E-state index is 0.178. The third kappa shape index (κ3) is 5.36. The fraction of sp³-hybridized carbons (Fsp3) is 0.0952. The van der Waals surface area contributed by atoms with Crippen molar-refractivity contribution in [3.05, 3.63) is 83.4 Å². The first-order chi connectivity index (χ1) is 14.6. The van der Waals surface area contributed by atoms with Crippen molar-refractivity contribution in [2.45, 2.75) is 16.0 Å². The monoisotopic (exact) mass is 469 g/mol. The van der Waals surface area contributed by atoms with E-state index in [0.717, 1.165) is 12.1 Å². The number of hydrogen-bond donors (Lipinski definition) is 1. The molecule has 0 amide bonds. The molecule has 0 aromatic heterocycles. The molecule has 0 spiro atoms. The minimum atomic E-state index is -4.93. The Hall–Kier alpha value is -3.04. The van der Waals surface area contributed by atoms with Crippen LogP contribution in [0.1, 0.15) is 5.56 Å². The molecule has 0 saturated carbocycles. The maximum Gasteiger partial charge on any atom is 0.417 e. The van der Waals surface area contributed by atoms with Gasteiger partial charge >= 0.3 is 12.1 Å². The van der Waals surface area contributed by atoms with Crippen molar-refractivity contribution in [1.82, 2.24) is 0 Å². The van der Waals surface area contributed by atoms with E-state index in [1.165, 1.54) is 48.5 Å². The van der Waals surface area contributed by atoms with E-state index in [9.17, 15) is 26.4 Å². The molecule has 0 unspecified atom stereocenters. The average Bonchev–Trinajstić information content (AvgIpc) is 2.73. The Morgan fingerprint density at radius 3 is 2.19 bits per heavy atom. The van der Waals surface area contributed by atoms with Crippen LogP contribution in [0.2, 0.25) is 5.02 Å². The van der Waals surface area contributed by atoms with Gasteiger partial charge in [-0.2, -0.15) is 13.2 Å². The molecule has 0 radical (unpaired) electrons. The molecule has 0 aliphatic rings. The topological polar surface area (TPSA) is 72.5 Å². The maximum absolute atomic E-state index is 13.6. The molecule has 31 heavy (non-hydrogen) atoms. The zero-order chi connectivity index (χ0) is 22.6. The van der Waals surface area contributed by atoms with Gasteiger partial charge in [-0.3, -0.25) is 0 Å². The largest absolute Gasteiger partial charge is 0.425 e. The van der Waals surface area contributed by atoms with Crippen LogP contribution in [-0.2, 0) is 20.8 Å². The van der Waals surface area contributed by atoms with Crippen LogP contribution in [0.3, 0.4) is 0 Å². The SMILES string of the molecule is O=C(CNc1cccc(C(F)(F)F)c1S(=O)(=O)c1ccccc1)Oc1ccc(Cl)cc1. The second-order valence-corrected chi connectivity index (χ2v) is 8.60. The van der Waals surface area contributed by atoms with Crippen LogP contribution in [0.5, 0.6) is 5.75 Å². The number of halogens is 4. The van der Waals surface area contributed by atoms with Crippen molar-refractivity contribution in [3.8, 4) is 5.75 Å². The highest BCUT2D eigenvalue weighted by Crippen LogP contribution is 2.40. The second kappa shape index (κ2) is 8.99. The van der Waals surface area contributed by atoms with E-state index in [1.54, 1.807) is 6.07 Å². The smallest absolute Gasteiger partial charge is 0.417 e. The van der Waals surface area contributed by atoms with Gasteiger partial charge < -0.3 is 10.1 Å². The molecule has 0 bridgehead atoms. The van der Waals surface area contributed by atoms with Crippen LogP contribution in [0.4, 0.5) is 18.9 Å². The number of alkyl halides is 3. The summed E-state index contributed by atoms with van der Waals surface area (Å²) in [7, 11) is -4.54. The average molecular weight is 470 g/mol. The number of nitrogens with one attached hydrogen (secondary N) is 1. The molecule has 3 aromatic carbocycles. The lowest BCUT2D eigenvalue weighted by Crippen LogP contribution is -2.22. The molecule has 0 aliphatic carbocycles. The number of ether oxygens (including phenoxy) is 1. The summed E-state index contributed by atoms with van der Waals surface area (Å²) in [5, 5.41) is 2.88. The summed E-state index contributed by atoms with van der Waals surface area (Å²) < 4.78 is 71.9. The van der Waals surface area contributed by atoms with E-state index < -0.39 is 39.0 Å². The summed E-state index contributed by atoms with van der Waals surface area (Å²) in [6.07, 6.45) is -4.93. The van der Waals surface area contributed by atoms with Crippen LogP contribution in [0.25, 0.3) is 0 Å². The number of esters is 1. The van der Waals surface area contributed by atoms with E-state index in [0.29, 0.717) is 11.1 Å². The first-order valence-corrected chi connectivity index (χ1v) is 10.7. The van der Waals surface area contributed by atoms with E-state index >= 15 is 0 Å². The van der Waals surface area contributed by atoms with Crippen LogP contribution < -0.4 is 10.1 Å². The highest BCUT2D eigenvalue weighted by Gasteiger charge is 2.39. The van der Waals surface area contributed by atoms with Crippen LogP contribution in [0, 0.1) is 0 Å². The van der Waals surface area contributed by atoms with Crippen molar-refractivity contribution < 1.29 is 31.1 Å². The Labute approximate surface area is 181 Å². The molecule has 0 saturated heterocycles. The van der Waals surface area contributed by atoms with Gasteiger partial charge in [0.2, 0.25) is 9.84 Å². The third-order valence-corrected chi connectivity index (χ3v) is 6.23. The Morgan fingerprint density at radius 1 is 0.935 bits per heavy atom. The molecular formula is C21H15ClF3NO4S. The van der Waals surface area contributed by atoms with E-state index in [1.807, 2.05) is 0 Å². The normalized spacial score (nSPS) is 11.7. The highest BCUT2D eigenvalue weighted by atomic mass is 35.5. The Kier molecular flexibility index (Phi) is 6.56. The Morgan fingerprint density at radius 2 is 1.58 bits per heavy atom. The maximum atomic E-state index is 13.6. The molecule has 0 heterocycles. The zero-order valence-electron chi connectivity index (χ0n) is 15.7. The first-order valence-electron chi connectivity index (χ1n) is 8.79. The number of carbonyl (C=O) groups excluding carboxylic acids is 1. The standard InChI is InChI=1S/C21H15ClF3NO4S/c22-14-9-11-15(12-10-14)30-19(27)13-26-18-8-4-7-17(21(23,24)25)20(18)31(28,29)16-5-2-1-3-6-16/h1-12,26H,13H2. The predicted octanol–water partition coefficient (Wildman–Crippen LogP) is 5.21. The number of anilines is 1. The highest BCUT2D eigenvalue weighted by molar-refractivity contribution is 7.91. The summed E-state index contributed by atoms with van der Waals surface area (Å²) in [5.41, 5.74) is -1.71. The molecule has 162 valence electrons. The summed E-state index contributed by atoms with van der Waals surface area (Å²) in [4.78, 5) is 10.8. The Bertz CT molecular complexity index is 1180. The fourth-order valence-electron chi connectivity index (χ4n) is 2.74. The minimum Gasteiger partial charge on any atom is -0.425 e. The van der Waals surface area contributed by atoms with Crippen molar-refractivity contribution in [3.63, 3.8) is 0 Å². The van der Waals surface area contributed by atoms with E-state index in [2.05, 4.69) is 5.32 Å². The fourth-order valence-corrected chi connectivity index (χ4v) is 4.52. The second-order valence-electron chi connectivity index (χ2n) is 6.28. The Balaban J connectivity index is 1.93. The lowest BCUT2D eigenvalue weighted by Gasteiger charge is -2.18. The van der Waals surface area contributed by atoms with Crippen molar-refractivity contribution in [1.29, 1.82) is 0 Å². The zero-order valence-corrected chi connectivity index (χ0v) is 17.3. The number of carbonyl (C=O) groups is 1. The van der Waals surface area contributed by atoms with Crippen molar-refractivity contribution in [2.24, 2.45) is 0 Å². The van der Waals surface area contributed by atoms with Gasteiger partial charge in [-0.05, 0) is 48.5 Å². The summed E-state index contributed by atoms with van der Waals surface area (Å²) >= 11 is 5.75. The van der Waals surface area contributed by atoms with Gasteiger partial charge in [0.05, 0.1) is 16.1 Å².